The number of hydrogen-bond donors (Lipinski definition) is 0. The maximum atomic E-state index is 4.78. The number of aryl methyl sites for hydroxylation is 2. The van der Waals surface area contributed by atoms with Gasteiger partial charge in [0.2, 0.25) is 0 Å². The first-order chi connectivity index (χ1) is 13.2. The van der Waals surface area contributed by atoms with Crippen molar-refractivity contribution >= 4 is 0 Å². The Labute approximate surface area is 160 Å². The molecule has 1 heterocycles. The molecule has 0 N–H and O–H groups in total. The summed E-state index contributed by atoms with van der Waals surface area (Å²) in [5.74, 6) is 0. The normalized spacial score (nSPS) is 13.9. The molecule has 130 valence electrons. The highest BCUT2D eigenvalue weighted by molar-refractivity contribution is 5.83. The van der Waals surface area contributed by atoms with Crippen LogP contribution in [0.1, 0.15) is 33.4 Å². The highest BCUT2D eigenvalue weighted by Gasteiger charge is 2.46. The summed E-state index contributed by atoms with van der Waals surface area (Å²) in [6, 6.07) is 30.9. The van der Waals surface area contributed by atoms with E-state index in [0.717, 1.165) is 5.69 Å². The summed E-state index contributed by atoms with van der Waals surface area (Å²) in [6.45, 7) is 4.28. The molecule has 0 fully saturated rings. The molecule has 0 spiro atoms. The Morgan fingerprint density at radius 1 is 0.593 bits per heavy atom. The van der Waals surface area contributed by atoms with E-state index in [-0.39, 0.29) is 5.41 Å². The lowest BCUT2D eigenvalue weighted by Crippen LogP contribution is -2.28. The van der Waals surface area contributed by atoms with Crippen molar-refractivity contribution in [3.05, 3.63) is 125 Å². The lowest BCUT2D eigenvalue weighted by Gasteiger charge is -2.33. The summed E-state index contributed by atoms with van der Waals surface area (Å²) >= 11 is 0. The summed E-state index contributed by atoms with van der Waals surface area (Å²) in [6.07, 6.45) is 1.90. The van der Waals surface area contributed by atoms with E-state index in [4.69, 9.17) is 4.98 Å². The molecular formula is C26H21N. The van der Waals surface area contributed by atoms with Gasteiger partial charge in [0.05, 0.1) is 11.1 Å². The van der Waals surface area contributed by atoms with Crippen molar-refractivity contribution < 1.29 is 0 Å². The molecule has 1 aliphatic carbocycles. The zero-order valence-electron chi connectivity index (χ0n) is 15.6. The van der Waals surface area contributed by atoms with Gasteiger partial charge in [0.15, 0.2) is 0 Å². The molecule has 1 aromatic heterocycles. The molecule has 27 heavy (non-hydrogen) atoms. The number of aromatic nitrogens is 1. The van der Waals surface area contributed by atoms with Crippen LogP contribution in [0.3, 0.4) is 0 Å². The number of nitrogens with zero attached hydrogens (tertiary/aromatic N) is 1. The average molecular weight is 347 g/mol. The number of rotatable bonds is 2. The summed E-state index contributed by atoms with van der Waals surface area (Å²) in [7, 11) is 0. The summed E-state index contributed by atoms with van der Waals surface area (Å²) in [4.78, 5) is 4.78. The van der Waals surface area contributed by atoms with Crippen molar-refractivity contribution in [1.29, 1.82) is 0 Å². The first-order valence-electron chi connectivity index (χ1n) is 9.41. The van der Waals surface area contributed by atoms with E-state index in [0.29, 0.717) is 0 Å². The van der Waals surface area contributed by atoms with Gasteiger partial charge in [0.1, 0.15) is 0 Å². The summed E-state index contributed by atoms with van der Waals surface area (Å²) in [5.41, 5.74) is 9.69. The Morgan fingerprint density at radius 3 is 1.78 bits per heavy atom. The van der Waals surface area contributed by atoms with E-state index in [1.54, 1.807) is 0 Å². The van der Waals surface area contributed by atoms with E-state index in [1.807, 2.05) is 6.20 Å². The van der Waals surface area contributed by atoms with Crippen LogP contribution in [-0.2, 0) is 5.41 Å². The highest BCUT2D eigenvalue weighted by Crippen LogP contribution is 2.55. The molecule has 0 unspecified atom stereocenters. The van der Waals surface area contributed by atoms with Crippen LogP contribution in [0.4, 0.5) is 0 Å². The maximum absolute atomic E-state index is 4.78. The summed E-state index contributed by atoms with van der Waals surface area (Å²) in [5, 5.41) is 0. The van der Waals surface area contributed by atoms with Crippen LogP contribution in [0.2, 0.25) is 0 Å². The molecule has 5 rings (SSSR count). The standard InChI is InChI=1S/C26H21N/c1-18-9-13-20(14-10-18)26(21-15-11-19(2)12-16-21)23-7-4-3-6-22(23)25-24(26)8-5-17-27-25/h3-17H,1-2H3. The molecule has 0 atom stereocenters. The van der Waals surface area contributed by atoms with Crippen LogP contribution < -0.4 is 0 Å². The molecule has 1 aliphatic rings. The fraction of sp³-hybridized carbons (Fsp3) is 0.115. The first-order valence-corrected chi connectivity index (χ1v) is 9.41. The van der Waals surface area contributed by atoms with Crippen molar-refractivity contribution in [3.8, 4) is 11.3 Å². The molecule has 1 heteroatoms. The largest absolute Gasteiger partial charge is 0.256 e. The van der Waals surface area contributed by atoms with Gasteiger partial charge in [0, 0.05) is 11.8 Å². The fourth-order valence-corrected chi connectivity index (χ4v) is 4.48. The Bertz CT molecular complexity index is 1030. The predicted octanol–water partition coefficient (Wildman–Crippen LogP) is 6.06. The number of pyridine rings is 1. The second kappa shape index (κ2) is 5.92. The van der Waals surface area contributed by atoms with Gasteiger partial charge in [-0.3, -0.25) is 4.98 Å². The monoisotopic (exact) mass is 347 g/mol. The van der Waals surface area contributed by atoms with Crippen LogP contribution in [0.15, 0.2) is 91.1 Å². The Kier molecular flexibility index (Phi) is 3.51. The van der Waals surface area contributed by atoms with Crippen molar-refractivity contribution in [1.82, 2.24) is 4.98 Å². The third kappa shape index (κ3) is 2.21. The van der Waals surface area contributed by atoms with E-state index in [2.05, 4.69) is 98.8 Å². The minimum Gasteiger partial charge on any atom is -0.256 e. The fourth-order valence-electron chi connectivity index (χ4n) is 4.48. The van der Waals surface area contributed by atoms with Gasteiger partial charge >= 0.3 is 0 Å². The average Bonchev–Trinajstić information content (AvgIpc) is 3.01. The summed E-state index contributed by atoms with van der Waals surface area (Å²) < 4.78 is 0. The second-order valence-corrected chi connectivity index (χ2v) is 7.43. The van der Waals surface area contributed by atoms with Crippen LogP contribution in [0.5, 0.6) is 0 Å². The maximum Gasteiger partial charge on any atom is 0.0753 e. The quantitative estimate of drug-likeness (QED) is 0.378. The molecule has 0 saturated carbocycles. The van der Waals surface area contributed by atoms with Crippen LogP contribution in [-0.4, -0.2) is 4.98 Å². The molecule has 0 aliphatic heterocycles. The topological polar surface area (TPSA) is 12.9 Å². The zero-order valence-corrected chi connectivity index (χ0v) is 15.6. The van der Waals surface area contributed by atoms with Gasteiger partial charge in [-0.2, -0.15) is 0 Å². The van der Waals surface area contributed by atoms with Gasteiger partial charge in [-0.1, -0.05) is 90.0 Å². The molecule has 0 amide bonds. The molecule has 4 aromatic rings. The number of benzene rings is 3. The Hall–Kier alpha value is -3.19. The van der Waals surface area contributed by atoms with Gasteiger partial charge in [-0.15, -0.1) is 0 Å². The van der Waals surface area contributed by atoms with Crippen molar-refractivity contribution in [3.63, 3.8) is 0 Å². The third-order valence-corrected chi connectivity index (χ3v) is 5.77. The van der Waals surface area contributed by atoms with Crippen molar-refractivity contribution in [2.45, 2.75) is 19.3 Å². The van der Waals surface area contributed by atoms with Gasteiger partial charge < -0.3 is 0 Å². The lowest BCUT2D eigenvalue weighted by molar-refractivity contribution is 0.765. The van der Waals surface area contributed by atoms with E-state index < -0.39 is 0 Å². The predicted molar refractivity (Wildman–Crippen MR) is 111 cm³/mol. The van der Waals surface area contributed by atoms with Gasteiger partial charge in [-0.25, -0.2) is 0 Å². The van der Waals surface area contributed by atoms with Gasteiger partial charge in [0.25, 0.3) is 0 Å². The number of fused-ring (bicyclic) bond motifs is 3. The highest BCUT2D eigenvalue weighted by atomic mass is 14.7. The Morgan fingerprint density at radius 2 is 1.15 bits per heavy atom. The van der Waals surface area contributed by atoms with Gasteiger partial charge in [-0.05, 0) is 42.2 Å². The first kappa shape index (κ1) is 16.0. The molecule has 0 radical (unpaired) electrons. The lowest BCUT2D eigenvalue weighted by atomic mass is 9.68. The van der Waals surface area contributed by atoms with Crippen LogP contribution >= 0.6 is 0 Å². The van der Waals surface area contributed by atoms with E-state index in [1.165, 1.54) is 38.9 Å². The minimum atomic E-state index is -0.332. The third-order valence-electron chi connectivity index (χ3n) is 5.77. The Balaban J connectivity index is 1.94. The minimum absolute atomic E-state index is 0.332. The van der Waals surface area contributed by atoms with E-state index in [9.17, 15) is 0 Å². The zero-order chi connectivity index (χ0) is 18.4. The molecule has 3 aromatic carbocycles. The molecule has 0 bridgehead atoms. The number of hydrogen-bond acceptors (Lipinski definition) is 1. The SMILES string of the molecule is Cc1ccc(C2(c3ccc(C)cc3)c3ccccc3-c3ncccc32)cc1. The smallest absolute Gasteiger partial charge is 0.0753 e. The van der Waals surface area contributed by atoms with E-state index >= 15 is 0 Å². The molecular weight excluding hydrogens is 326 g/mol. The van der Waals surface area contributed by atoms with Crippen LogP contribution in [0, 0.1) is 13.8 Å². The second-order valence-electron chi connectivity index (χ2n) is 7.43. The molecule has 1 nitrogen and oxygen atoms in total. The van der Waals surface area contributed by atoms with Crippen molar-refractivity contribution in [2.24, 2.45) is 0 Å². The van der Waals surface area contributed by atoms with Crippen LogP contribution in [0.25, 0.3) is 11.3 Å². The molecule has 0 saturated heterocycles. The van der Waals surface area contributed by atoms with Crippen molar-refractivity contribution in [2.75, 3.05) is 0 Å².